The standard InChI is InChI=1S/C12H19N3O7/c1-5-6(4-16)21-9(8(18)7(5)17)22-12-14-10(19-2)13-11(15-12)20-3/h5-9,16-18H,4H2,1-3H3/t5-,6?,7?,8?,9+/m1/s1. The van der Waals surface area contributed by atoms with E-state index < -0.39 is 30.5 Å². The van der Waals surface area contributed by atoms with E-state index in [9.17, 15) is 15.3 Å². The van der Waals surface area contributed by atoms with Crippen LogP contribution in [0, 0.1) is 5.92 Å². The van der Waals surface area contributed by atoms with Crippen molar-refractivity contribution < 1.29 is 34.3 Å². The molecule has 1 aromatic heterocycles. The first kappa shape index (κ1) is 16.6. The Labute approximate surface area is 126 Å². The number of methoxy groups -OCH3 is 2. The van der Waals surface area contributed by atoms with Crippen LogP contribution in [0.4, 0.5) is 0 Å². The molecular weight excluding hydrogens is 298 g/mol. The molecule has 0 aromatic carbocycles. The molecule has 0 aliphatic carbocycles. The molecule has 10 heteroatoms. The smallest absolute Gasteiger partial charge is 0.328 e. The minimum atomic E-state index is -1.33. The van der Waals surface area contributed by atoms with E-state index >= 15 is 0 Å². The number of hydrogen-bond acceptors (Lipinski definition) is 10. The van der Waals surface area contributed by atoms with Crippen molar-refractivity contribution in [3.63, 3.8) is 0 Å². The van der Waals surface area contributed by atoms with Crippen molar-refractivity contribution in [3.05, 3.63) is 0 Å². The summed E-state index contributed by atoms with van der Waals surface area (Å²) in [5.74, 6) is -0.456. The normalized spacial score (nSPS) is 31.6. The summed E-state index contributed by atoms with van der Waals surface area (Å²) in [6.07, 6.45) is -4.39. The van der Waals surface area contributed by atoms with Gasteiger partial charge in [0.25, 0.3) is 0 Å². The molecule has 5 atom stereocenters. The molecule has 1 aliphatic heterocycles. The summed E-state index contributed by atoms with van der Waals surface area (Å²) in [5.41, 5.74) is 0. The lowest BCUT2D eigenvalue weighted by atomic mass is 9.91. The highest BCUT2D eigenvalue weighted by atomic mass is 16.7. The van der Waals surface area contributed by atoms with Gasteiger partial charge in [-0.15, -0.1) is 15.0 Å². The van der Waals surface area contributed by atoms with E-state index in [4.69, 9.17) is 18.9 Å². The molecule has 124 valence electrons. The van der Waals surface area contributed by atoms with Gasteiger partial charge < -0.3 is 34.3 Å². The third kappa shape index (κ3) is 3.35. The first-order valence-electron chi connectivity index (χ1n) is 6.63. The maximum Gasteiger partial charge on any atom is 0.328 e. The molecule has 2 rings (SSSR count). The van der Waals surface area contributed by atoms with E-state index in [-0.39, 0.29) is 24.6 Å². The van der Waals surface area contributed by atoms with Gasteiger partial charge in [-0.2, -0.15) is 0 Å². The van der Waals surface area contributed by atoms with Crippen LogP contribution in [-0.4, -0.2) is 75.7 Å². The van der Waals surface area contributed by atoms with E-state index in [1.807, 2.05) is 0 Å². The van der Waals surface area contributed by atoms with Crippen molar-refractivity contribution in [1.29, 1.82) is 0 Å². The van der Waals surface area contributed by atoms with Gasteiger partial charge in [-0.25, -0.2) is 0 Å². The molecule has 1 saturated heterocycles. The summed E-state index contributed by atoms with van der Waals surface area (Å²) in [5, 5.41) is 29.3. The Morgan fingerprint density at radius 2 is 1.55 bits per heavy atom. The van der Waals surface area contributed by atoms with Gasteiger partial charge >= 0.3 is 18.0 Å². The fraction of sp³-hybridized carbons (Fsp3) is 0.750. The minimum Gasteiger partial charge on any atom is -0.467 e. The zero-order valence-electron chi connectivity index (χ0n) is 12.4. The van der Waals surface area contributed by atoms with Crippen LogP contribution in [0.3, 0.4) is 0 Å². The molecule has 10 nitrogen and oxygen atoms in total. The number of nitrogens with zero attached hydrogens (tertiary/aromatic N) is 3. The molecule has 0 amide bonds. The van der Waals surface area contributed by atoms with Crippen LogP contribution in [0.1, 0.15) is 6.92 Å². The fourth-order valence-electron chi connectivity index (χ4n) is 2.04. The molecule has 0 spiro atoms. The average molecular weight is 317 g/mol. The average Bonchev–Trinajstić information content (AvgIpc) is 2.54. The summed E-state index contributed by atoms with van der Waals surface area (Å²) >= 11 is 0. The van der Waals surface area contributed by atoms with Gasteiger partial charge in [0.05, 0.1) is 33.0 Å². The Bertz CT molecular complexity index is 479. The molecule has 3 unspecified atom stereocenters. The lowest BCUT2D eigenvalue weighted by molar-refractivity contribution is -0.262. The summed E-state index contributed by atoms with van der Waals surface area (Å²) in [6, 6.07) is -0.286. The van der Waals surface area contributed by atoms with Gasteiger partial charge in [0, 0.05) is 5.92 Å². The SMILES string of the molecule is COc1nc(OC)nc(O[C@@H]2OC(CO)[C@@H](C)C(O)C2O)n1. The highest BCUT2D eigenvalue weighted by Crippen LogP contribution is 2.27. The van der Waals surface area contributed by atoms with Crippen LogP contribution in [0.2, 0.25) is 0 Å². The topological polar surface area (TPSA) is 136 Å². The van der Waals surface area contributed by atoms with E-state index in [2.05, 4.69) is 15.0 Å². The van der Waals surface area contributed by atoms with Crippen LogP contribution < -0.4 is 14.2 Å². The highest BCUT2D eigenvalue weighted by Gasteiger charge is 2.43. The molecule has 0 radical (unpaired) electrons. The van der Waals surface area contributed by atoms with E-state index in [1.165, 1.54) is 14.2 Å². The molecule has 1 aromatic rings. The van der Waals surface area contributed by atoms with Gasteiger partial charge in [-0.05, 0) is 0 Å². The van der Waals surface area contributed by atoms with Crippen molar-refractivity contribution in [2.45, 2.75) is 31.5 Å². The first-order valence-corrected chi connectivity index (χ1v) is 6.63. The van der Waals surface area contributed by atoms with Gasteiger partial charge in [-0.3, -0.25) is 0 Å². The maximum absolute atomic E-state index is 10.0. The monoisotopic (exact) mass is 317 g/mol. The van der Waals surface area contributed by atoms with Gasteiger partial charge in [0.1, 0.15) is 6.10 Å². The van der Waals surface area contributed by atoms with Crippen LogP contribution in [0.25, 0.3) is 0 Å². The zero-order chi connectivity index (χ0) is 16.3. The Morgan fingerprint density at radius 1 is 1.00 bits per heavy atom. The second-order valence-electron chi connectivity index (χ2n) is 4.78. The van der Waals surface area contributed by atoms with Gasteiger partial charge in [0.2, 0.25) is 6.29 Å². The quantitative estimate of drug-likeness (QED) is 0.579. The Morgan fingerprint density at radius 3 is 2.05 bits per heavy atom. The molecular formula is C12H19N3O7. The number of ether oxygens (including phenoxy) is 4. The van der Waals surface area contributed by atoms with Crippen molar-refractivity contribution in [1.82, 2.24) is 15.0 Å². The van der Waals surface area contributed by atoms with Crippen LogP contribution in [0.5, 0.6) is 18.0 Å². The first-order chi connectivity index (χ1) is 10.5. The Balaban J connectivity index is 2.18. The molecule has 0 bridgehead atoms. The summed E-state index contributed by atoms with van der Waals surface area (Å²) in [7, 11) is 2.72. The van der Waals surface area contributed by atoms with Crippen LogP contribution in [-0.2, 0) is 4.74 Å². The molecule has 22 heavy (non-hydrogen) atoms. The maximum atomic E-state index is 10.0. The third-order valence-electron chi connectivity index (χ3n) is 3.40. The predicted molar refractivity (Wildman–Crippen MR) is 70.5 cm³/mol. The second-order valence-corrected chi connectivity index (χ2v) is 4.78. The number of hydrogen-bond donors (Lipinski definition) is 3. The Hall–Kier alpha value is -1.75. The molecule has 1 aliphatic rings. The number of aromatic nitrogens is 3. The number of aliphatic hydroxyl groups is 3. The number of rotatable bonds is 5. The van der Waals surface area contributed by atoms with Gasteiger partial charge in [-0.1, -0.05) is 6.92 Å². The molecule has 1 fully saturated rings. The van der Waals surface area contributed by atoms with Crippen molar-refractivity contribution in [3.8, 4) is 18.0 Å². The Kier molecular flexibility index (Phi) is 5.29. The summed E-state index contributed by atoms with van der Waals surface area (Å²) < 4.78 is 20.5. The zero-order valence-corrected chi connectivity index (χ0v) is 12.4. The lowest BCUT2D eigenvalue weighted by Crippen LogP contribution is -2.56. The highest BCUT2D eigenvalue weighted by molar-refractivity contribution is 5.09. The fourth-order valence-corrected chi connectivity index (χ4v) is 2.04. The summed E-state index contributed by atoms with van der Waals surface area (Å²) in [4.78, 5) is 11.5. The third-order valence-corrected chi connectivity index (χ3v) is 3.40. The second kappa shape index (κ2) is 7.01. The molecule has 2 heterocycles. The van der Waals surface area contributed by atoms with Crippen molar-refractivity contribution in [2.24, 2.45) is 5.92 Å². The molecule has 3 N–H and O–H groups in total. The predicted octanol–water partition coefficient (Wildman–Crippen LogP) is -1.66. The van der Waals surface area contributed by atoms with E-state index in [0.29, 0.717) is 0 Å². The van der Waals surface area contributed by atoms with Crippen LogP contribution in [0.15, 0.2) is 0 Å². The van der Waals surface area contributed by atoms with Crippen molar-refractivity contribution >= 4 is 0 Å². The van der Waals surface area contributed by atoms with Crippen molar-refractivity contribution in [2.75, 3.05) is 20.8 Å². The minimum absolute atomic E-state index is 0.0419. The van der Waals surface area contributed by atoms with Gasteiger partial charge in [0.15, 0.2) is 0 Å². The van der Waals surface area contributed by atoms with E-state index in [1.54, 1.807) is 6.92 Å². The van der Waals surface area contributed by atoms with E-state index in [0.717, 1.165) is 0 Å². The number of aliphatic hydroxyl groups excluding tert-OH is 3. The largest absolute Gasteiger partial charge is 0.467 e. The molecule has 0 saturated carbocycles. The van der Waals surface area contributed by atoms with Crippen LogP contribution >= 0.6 is 0 Å². The lowest BCUT2D eigenvalue weighted by Gasteiger charge is -2.40. The summed E-state index contributed by atoms with van der Waals surface area (Å²) in [6.45, 7) is 1.33.